The Balaban J connectivity index is 1.64. The summed E-state index contributed by atoms with van der Waals surface area (Å²) in [6, 6.07) is 13.4. The molecule has 0 unspecified atom stereocenters. The normalized spacial score (nSPS) is 20.6. The summed E-state index contributed by atoms with van der Waals surface area (Å²) < 4.78 is 44.8. The maximum atomic E-state index is 13.1. The Kier molecular flexibility index (Phi) is 4.25. The first-order valence-corrected chi connectivity index (χ1v) is 8.77. The number of halogens is 3. The Hall–Kier alpha value is -3.09. The highest BCUT2D eigenvalue weighted by molar-refractivity contribution is 6.02. The summed E-state index contributed by atoms with van der Waals surface area (Å²) in [7, 11) is 0. The molecule has 2 aromatic rings. The first-order chi connectivity index (χ1) is 13.3. The number of carbonyl (C=O) groups is 2. The zero-order valence-corrected chi connectivity index (χ0v) is 14.6. The van der Waals surface area contributed by atoms with E-state index in [4.69, 9.17) is 4.74 Å². The van der Waals surface area contributed by atoms with E-state index in [1.165, 1.54) is 18.2 Å². The molecule has 1 aliphatic heterocycles. The standard InChI is InChI=1S/C21H16F3NO3/c22-21(23,24)16-9-5-4-6-14(16)10-11-17(26)25-18(15-7-2-1-3-8-15)20(12-13-20)28-19(25)27/h1-11,18H,12-13H2/b11-10+/t18-/m0/s1. The number of amides is 2. The molecule has 0 bridgehead atoms. The maximum Gasteiger partial charge on any atom is 0.418 e. The molecule has 0 radical (unpaired) electrons. The number of benzene rings is 2. The number of rotatable bonds is 3. The summed E-state index contributed by atoms with van der Waals surface area (Å²) in [5.74, 6) is -0.709. The largest absolute Gasteiger partial charge is 0.440 e. The van der Waals surface area contributed by atoms with Crippen molar-refractivity contribution in [3.05, 3.63) is 77.4 Å². The van der Waals surface area contributed by atoms with E-state index >= 15 is 0 Å². The van der Waals surface area contributed by atoms with E-state index in [-0.39, 0.29) is 5.56 Å². The van der Waals surface area contributed by atoms with Gasteiger partial charge in [0, 0.05) is 6.08 Å². The summed E-state index contributed by atoms with van der Waals surface area (Å²) in [6.45, 7) is 0. The van der Waals surface area contributed by atoms with Crippen molar-refractivity contribution in [1.29, 1.82) is 0 Å². The fraction of sp³-hybridized carbons (Fsp3) is 0.238. The van der Waals surface area contributed by atoms with Gasteiger partial charge in [-0.25, -0.2) is 9.69 Å². The Morgan fingerprint density at radius 3 is 2.36 bits per heavy atom. The Morgan fingerprint density at radius 1 is 1.07 bits per heavy atom. The summed E-state index contributed by atoms with van der Waals surface area (Å²) in [5, 5.41) is 0. The van der Waals surface area contributed by atoms with E-state index < -0.39 is 35.4 Å². The SMILES string of the molecule is O=C(/C=C/c1ccccc1C(F)(F)F)N1C(=O)OC2(CC2)[C@@H]1c1ccccc1. The molecule has 144 valence electrons. The minimum Gasteiger partial charge on any atom is -0.440 e. The molecular weight excluding hydrogens is 371 g/mol. The smallest absolute Gasteiger partial charge is 0.418 e. The minimum atomic E-state index is -4.54. The van der Waals surface area contributed by atoms with Crippen molar-refractivity contribution in [3.8, 4) is 0 Å². The van der Waals surface area contributed by atoms with Gasteiger partial charge >= 0.3 is 12.3 Å². The molecule has 1 saturated carbocycles. The van der Waals surface area contributed by atoms with Crippen molar-refractivity contribution in [2.75, 3.05) is 0 Å². The number of hydrogen-bond acceptors (Lipinski definition) is 3. The second-order valence-electron chi connectivity index (χ2n) is 6.87. The van der Waals surface area contributed by atoms with Crippen LogP contribution in [-0.2, 0) is 15.7 Å². The Bertz CT molecular complexity index is 949. The highest BCUT2D eigenvalue weighted by Gasteiger charge is 2.63. The van der Waals surface area contributed by atoms with Gasteiger partial charge in [-0.2, -0.15) is 13.2 Å². The van der Waals surface area contributed by atoms with E-state index in [1.807, 2.05) is 6.07 Å². The number of alkyl halides is 3. The molecule has 2 amide bonds. The predicted molar refractivity (Wildman–Crippen MR) is 95.0 cm³/mol. The lowest BCUT2D eigenvalue weighted by atomic mass is 9.99. The van der Waals surface area contributed by atoms with Crippen LogP contribution >= 0.6 is 0 Å². The Morgan fingerprint density at radius 2 is 1.71 bits per heavy atom. The van der Waals surface area contributed by atoms with Crippen molar-refractivity contribution in [3.63, 3.8) is 0 Å². The van der Waals surface area contributed by atoms with Crippen molar-refractivity contribution in [2.45, 2.75) is 30.7 Å². The summed E-state index contributed by atoms with van der Waals surface area (Å²) >= 11 is 0. The fourth-order valence-electron chi connectivity index (χ4n) is 3.57. The third-order valence-corrected chi connectivity index (χ3v) is 5.01. The van der Waals surface area contributed by atoms with Crippen LogP contribution in [0.1, 0.15) is 35.6 Å². The van der Waals surface area contributed by atoms with Gasteiger partial charge in [-0.3, -0.25) is 4.79 Å². The molecule has 4 rings (SSSR count). The molecular formula is C21H16F3NO3. The topological polar surface area (TPSA) is 46.6 Å². The molecule has 28 heavy (non-hydrogen) atoms. The van der Waals surface area contributed by atoms with E-state index in [0.717, 1.165) is 28.7 Å². The second-order valence-corrected chi connectivity index (χ2v) is 6.87. The molecule has 1 aliphatic carbocycles. The van der Waals surface area contributed by atoms with Crippen LogP contribution in [0.5, 0.6) is 0 Å². The van der Waals surface area contributed by atoms with Crippen LogP contribution in [-0.4, -0.2) is 22.5 Å². The lowest BCUT2D eigenvalue weighted by Crippen LogP contribution is -2.34. The van der Waals surface area contributed by atoms with Crippen molar-refractivity contribution in [2.24, 2.45) is 0 Å². The fourth-order valence-corrected chi connectivity index (χ4v) is 3.57. The van der Waals surface area contributed by atoms with Gasteiger partial charge in [0.15, 0.2) is 0 Å². The molecule has 1 heterocycles. The lowest BCUT2D eigenvalue weighted by Gasteiger charge is -2.22. The predicted octanol–water partition coefficient (Wildman–Crippen LogP) is 4.97. The van der Waals surface area contributed by atoms with Gasteiger partial charge < -0.3 is 4.74 Å². The van der Waals surface area contributed by atoms with E-state index in [9.17, 15) is 22.8 Å². The van der Waals surface area contributed by atoms with Gasteiger partial charge in [-0.15, -0.1) is 0 Å². The molecule has 0 N–H and O–H groups in total. The number of nitrogens with zero attached hydrogens (tertiary/aromatic N) is 1. The molecule has 2 fully saturated rings. The minimum absolute atomic E-state index is 0.145. The van der Waals surface area contributed by atoms with Crippen LogP contribution in [0, 0.1) is 0 Å². The van der Waals surface area contributed by atoms with Crippen LogP contribution < -0.4 is 0 Å². The highest BCUT2D eigenvalue weighted by Crippen LogP contribution is 2.56. The first-order valence-electron chi connectivity index (χ1n) is 8.77. The quantitative estimate of drug-likeness (QED) is 0.699. The van der Waals surface area contributed by atoms with Gasteiger partial charge in [0.05, 0.1) is 5.56 Å². The zero-order valence-electron chi connectivity index (χ0n) is 14.6. The van der Waals surface area contributed by atoms with Gasteiger partial charge in [0.2, 0.25) is 0 Å². The van der Waals surface area contributed by atoms with E-state index in [1.54, 1.807) is 24.3 Å². The van der Waals surface area contributed by atoms with Crippen molar-refractivity contribution in [1.82, 2.24) is 4.90 Å². The van der Waals surface area contributed by atoms with Gasteiger partial charge in [0.25, 0.3) is 5.91 Å². The van der Waals surface area contributed by atoms with E-state index in [0.29, 0.717) is 12.8 Å². The van der Waals surface area contributed by atoms with Crippen LogP contribution in [0.15, 0.2) is 60.7 Å². The van der Waals surface area contributed by atoms with Crippen LogP contribution in [0.2, 0.25) is 0 Å². The van der Waals surface area contributed by atoms with Gasteiger partial charge in [0.1, 0.15) is 11.6 Å². The third-order valence-electron chi connectivity index (χ3n) is 5.01. The van der Waals surface area contributed by atoms with Gasteiger partial charge in [-0.05, 0) is 36.1 Å². The lowest BCUT2D eigenvalue weighted by molar-refractivity contribution is -0.137. The Labute approximate surface area is 159 Å². The molecule has 1 atom stereocenters. The molecule has 1 saturated heterocycles. The van der Waals surface area contributed by atoms with E-state index in [2.05, 4.69) is 0 Å². The first kappa shape index (κ1) is 18.3. The molecule has 1 spiro atoms. The van der Waals surface area contributed by atoms with Gasteiger partial charge in [-0.1, -0.05) is 48.5 Å². The second kappa shape index (κ2) is 6.51. The number of ether oxygens (including phenoxy) is 1. The molecule has 2 aliphatic rings. The average Bonchev–Trinajstić information content (AvgIpc) is 3.36. The van der Waals surface area contributed by atoms with Crippen LogP contribution in [0.4, 0.5) is 18.0 Å². The number of imide groups is 1. The van der Waals surface area contributed by atoms with Crippen molar-refractivity contribution < 1.29 is 27.5 Å². The molecule has 0 aromatic heterocycles. The summed E-state index contributed by atoms with van der Waals surface area (Å²) in [4.78, 5) is 26.1. The maximum absolute atomic E-state index is 13.1. The molecule has 2 aromatic carbocycles. The van der Waals surface area contributed by atoms with Crippen LogP contribution in [0.3, 0.4) is 0 Å². The average molecular weight is 387 g/mol. The van der Waals surface area contributed by atoms with Crippen LogP contribution in [0.25, 0.3) is 6.08 Å². The third kappa shape index (κ3) is 3.17. The summed E-state index contributed by atoms with van der Waals surface area (Å²) in [6.07, 6.45) is -1.96. The zero-order chi connectivity index (χ0) is 19.9. The molecule has 7 heteroatoms. The summed E-state index contributed by atoms with van der Waals surface area (Å²) in [5.41, 5.74) is -0.968. The number of hydrogen-bond donors (Lipinski definition) is 0. The van der Waals surface area contributed by atoms with Crippen molar-refractivity contribution >= 4 is 18.1 Å². The number of carbonyl (C=O) groups excluding carboxylic acids is 2. The molecule has 4 nitrogen and oxygen atoms in total. The monoisotopic (exact) mass is 387 g/mol. The highest BCUT2D eigenvalue weighted by atomic mass is 19.4.